The second-order valence-corrected chi connectivity index (χ2v) is 8.37. The molecule has 0 spiro atoms. The summed E-state index contributed by atoms with van der Waals surface area (Å²) in [4.78, 5) is 29.6. The first kappa shape index (κ1) is 20.7. The van der Waals surface area contributed by atoms with Gasteiger partial charge in [0.25, 0.3) is 5.56 Å². The zero-order chi connectivity index (χ0) is 22.0. The van der Waals surface area contributed by atoms with E-state index in [-0.39, 0.29) is 16.2 Å². The molecule has 0 atom stereocenters. The van der Waals surface area contributed by atoms with Crippen LogP contribution in [0.25, 0.3) is 22.3 Å². The van der Waals surface area contributed by atoms with Gasteiger partial charge in [-0.1, -0.05) is 61.6 Å². The Labute approximate surface area is 182 Å². The summed E-state index contributed by atoms with van der Waals surface area (Å²) in [6.45, 7) is 4.72. The molecule has 0 unspecified atom stereocenters. The van der Waals surface area contributed by atoms with E-state index in [9.17, 15) is 9.59 Å². The molecule has 0 aliphatic heterocycles. The third-order valence-corrected chi connectivity index (χ3v) is 5.45. The Kier molecular flexibility index (Phi) is 5.81. The van der Waals surface area contributed by atoms with Gasteiger partial charge >= 0.3 is 5.56 Å². The molecule has 0 aliphatic carbocycles. The number of nitrogens with zero attached hydrogens (tertiary/aromatic N) is 3. The van der Waals surface area contributed by atoms with Gasteiger partial charge in [-0.05, 0) is 29.7 Å². The maximum Gasteiger partial charge on any atom is 0.300 e. The molecule has 0 saturated carbocycles. The molecule has 4 rings (SSSR count). The highest BCUT2D eigenvalue weighted by atomic mass is 32.1. The van der Waals surface area contributed by atoms with Gasteiger partial charge in [-0.3, -0.25) is 9.59 Å². The van der Waals surface area contributed by atoms with Crippen molar-refractivity contribution in [1.29, 1.82) is 0 Å². The van der Waals surface area contributed by atoms with E-state index >= 15 is 0 Å². The molecule has 2 aromatic heterocycles. The van der Waals surface area contributed by atoms with Gasteiger partial charge in [-0.15, -0.1) is 0 Å². The highest BCUT2D eigenvalue weighted by Gasteiger charge is 2.13. The molecule has 31 heavy (non-hydrogen) atoms. The van der Waals surface area contributed by atoms with Crippen LogP contribution in [0.2, 0.25) is 0 Å². The normalized spacial score (nSPS) is 11.9. The SMILES string of the molecule is COc1cc(C=c2sc3nc(=O)c(-c4ccccc4)nn3c2=O)ccc1OCC(C)C. The average Bonchev–Trinajstić information content (AvgIpc) is 3.06. The van der Waals surface area contributed by atoms with Crippen LogP contribution < -0.4 is 25.1 Å². The van der Waals surface area contributed by atoms with Gasteiger partial charge in [-0.2, -0.15) is 14.6 Å². The van der Waals surface area contributed by atoms with Crippen LogP contribution in [0, 0.1) is 5.92 Å². The quantitative estimate of drug-likeness (QED) is 0.463. The van der Waals surface area contributed by atoms with E-state index < -0.39 is 5.56 Å². The Bertz CT molecular complexity index is 1390. The molecule has 0 aliphatic rings. The zero-order valence-corrected chi connectivity index (χ0v) is 18.2. The lowest BCUT2D eigenvalue weighted by Gasteiger charge is -2.12. The van der Waals surface area contributed by atoms with Crippen LogP contribution in [0.4, 0.5) is 0 Å². The van der Waals surface area contributed by atoms with Crippen molar-refractivity contribution in [2.45, 2.75) is 13.8 Å². The van der Waals surface area contributed by atoms with Crippen LogP contribution in [0.15, 0.2) is 58.1 Å². The molecule has 0 N–H and O–H groups in total. The van der Waals surface area contributed by atoms with Gasteiger partial charge < -0.3 is 9.47 Å². The Morgan fingerprint density at radius 2 is 1.87 bits per heavy atom. The lowest BCUT2D eigenvalue weighted by atomic mass is 10.2. The van der Waals surface area contributed by atoms with E-state index in [0.29, 0.717) is 34.1 Å². The molecule has 8 heteroatoms. The lowest BCUT2D eigenvalue weighted by molar-refractivity contribution is 0.257. The highest BCUT2D eigenvalue weighted by molar-refractivity contribution is 7.15. The summed E-state index contributed by atoms with van der Waals surface area (Å²) in [6, 6.07) is 14.4. The third kappa shape index (κ3) is 4.34. The number of benzene rings is 2. The van der Waals surface area contributed by atoms with Gasteiger partial charge in [0.2, 0.25) is 4.96 Å². The standard InChI is InChI=1S/C23H21N3O4S/c1-14(2)13-30-17-10-9-15(11-18(17)29-3)12-19-22(28)26-23(31-19)24-21(27)20(25-26)16-7-5-4-6-8-16/h4-12,14H,13H2,1-3H3. The maximum absolute atomic E-state index is 12.9. The van der Waals surface area contributed by atoms with Crippen molar-refractivity contribution in [3.05, 3.63) is 79.3 Å². The fraction of sp³-hybridized carbons (Fsp3) is 0.217. The molecule has 4 aromatic rings. The summed E-state index contributed by atoms with van der Waals surface area (Å²) >= 11 is 1.12. The predicted octanol–water partition coefficient (Wildman–Crippen LogP) is 2.77. The van der Waals surface area contributed by atoms with Crippen molar-refractivity contribution >= 4 is 22.4 Å². The molecule has 2 aromatic carbocycles. The van der Waals surface area contributed by atoms with Crippen molar-refractivity contribution in [3.8, 4) is 22.8 Å². The predicted molar refractivity (Wildman–Crippen MR) is 121 cm³/mol. The molecular weight excluding hydrogens is 414 g/mol. The second-order valence-electron chi connectivity index (χ2n) is 7.36. The number of ether oxygens (including phenoxy) is 2. The van der Waals surface area contributed by atoms with E-state index in [1.165, 1.54) is 4.52 Å². The van der Waals surface area contributed by atoms with Gasteiger partial charge in [-0.25, -0.2) is 0 Å². The van der Waals surface area contributed by atoms with Crippen LogP contribution >= 0.6 is 11.3 Å². The molecule has 0 fully saturated rings. The summed E-state index contributed by atoms with van der Waals surface area (Å²) in [5.41, 5.74) is 0.736. The molecule has 7 nitrogen and oxygen atoms in total. The molecule has 2 heterocycles. The summed E-state index contributed by atoms with van der Waals surface area (Å²) in [5.74, 6) is 1.62. The summed E-state index contributed by atoms with van der Waals surface area (Å²) in [6.07, 6.45) is 1.73. The molecule has 0 amide bonds. The van der Waals surface area contributed by atoms with Crippen LogP contribution in [-0.4, -0.2) is 28.3 Å². The van der Waals surface area contributed by atoms with Crippen LogP contribution in [0.1, 0.15) is 19.4 Å². The molecule has 0 saturated heterocycles. The van der Waals surface area contributed by atoms with Crippen LogP contribution in [-0.2, 0) is 0 Å². The first-order valence-electron chi connectivity index (χ1n) is 9.78. The number of hydrogen-bond acceptors (Lipinski definition) is 7. The number of aromatic nitrogens is 3. The Hall–Kier alpha value is -3.52. The molecular formula is C23H21N3O4S. The minimum absolute atomic E-state index is 0.146. The summed E-state index contributed by atoms with van der Waals surface area (Å²) < 4.78 is 12.8. The smallest absolute Gasteiger partial charge is 0.300 e. The van der Waals surface area contributed by atoms with Crippen molar-refractivity contribution in [1.82, 2.24) is 14.6 Å². The van der Waals surface area contributed by atoms with Crippen LogP contribution in [0.3, 0.4) is 0 Å². The van der Waals surface area contributed by atoms with E-state index in [4.69, 9.17) is 9.47 Å². The largest absolute Gasteiger partial charge is 0.493 e. The Morgan fingerprint density at radius 3 is 2.58 bits per heavy atom. The minimum atomic E-state index is -0.465. The summed E-state index contributed by atoms with van der Waals surface area (Å²) in [5, 5.41) is 4.27. The third-order valence-electron chi connectivity index (χ3n) is 4.49. The molecule has 158 valence electrons. The number of methoxy groups -OCH3 is 1. The Balaban J connectivity index is 1.77. The number of thiazole rings is 1. The zero-order valence-electron chi connectivity index (χ0n) is 17.4. The van der Waals surface area contributed by atoms with E-state index in [1.807, 2.05) is 18.2 Å². The number of hydrogen-bond donors (Lipinski definition) is 0. The van der Waals surface area contributed by atoms with Crippen molar-refractivity contribution in [3.63, 3.8) is 0 Å². The first-order valence-corrected chi connectivity index (χ1v) is 10.6. The number of rotatable bonds is 6. The topological polar surface area (TPSA) is 82.8 Å². The Morgan fingerprint density at radius 1 is 1.10 bits per heavy atom. The lowest BCUT2D eigenvalue weighted by Crippen LogP contribution is -2.26. The highest BCUT2D eigenvalue weighted by Crippen LogP contribution is 2.28. The minimum Gasteiger partial charge on any atom is -0.493 e. The number of fused-ring (bicyclic) bond motifs is 1. The molecule has 0 radical (unpaired) electrons. The van der Waals surface area contributed by atoms with Crippen LogP contribution in [0.5, 0.6) is 11.5 Å². The van der Waals surface area contributed by atoms with E-state index in [1.54, 1.807) is 43.5 Å². The van der Waals surface area contributed by atoms with Crippen molar-refractivity contribution in [2.24, 2.45) is 5.92 Å². The fourth-order valence-corrected chi connectivity index (χ4v) is 3.89. The monoisotopic (exact) mass is 435 g/mol. The van der Waals surface area contributed by atoms with Crippen molar-refractivity contribution < 1.29 is 9.47 Å². The maximum atomic E-state index is 12.9. The van der Waals surface area contributed by atoms with Gasteiger partial charge in [0.05, 0.1) is 18.2 Å². The van der Waals surface area contributed by atoms with Crippen molar-refractivity contribution in [2.75, 3.05) is 13.7 Å². The second kappa shape index (κ2) is 8.69. The van der Waals surface area contributed by atoms with E-state index in [0.717, 1.165) is 16.9 Å². The fourth-order valence-electron chi connectivity index (χ4n) is 2.99. The van der Waals surface area contributed by atoms with E-state index in [2.05, 4.69) is 23.9 Å². The van der Waals surface area contributed by atoms with Gasteiger partial charge in [0.1, 0.15) is 0 Å². The molecule has 0 bridgehead atoms. The van der Waals surface area contributed by atoms with Gasteiger partial charge in [0.15, 0.2) is 17.2 Å². The van der Waals surface area contributed by atoms with Gasteiger partial charge in [0, 0.05) is 5.56 Å². The first-order chi connectivity index (χ1) is 15.0. The average molecular weight is 436 g/mol. The summed E-state index contributed by atoms with van der Waals surface area (Å²) in [7, 11) is 1.57.